The minimum atomic E-state index is -2.99. The maximum absolute atomic E-state index is 12.2. The number of sulfonamides is 1. The lowest BCUT2D eigenvalue weighted by Crippen LogP contribution is -2.46. The zero-order valence-corrected chi connectivity index (χ0v) is 11.2. The predicted molar refractivity (Wildman–Crippen MR) is 65.6 cm³/mol. The van der Waals surface area contributed by atoms with Crippen molar-refractivity contribution in [1.82, 2.24) is 4.31 Å². The van der Waals surface area contributed by atoms with Crippen molar-refractivity contribution in [2.24, 2.45) is 17.8 Å². The van der Waals surface area contributed by atoms with Crippen molar-refractivity contribution in [3.8, 4) is 0 Å². The molecule has 0 radical (unpaired) electrons. The van der Waals surface area contributed by atoms with Crippen LogP contribution in [0.3, 0.4) is 0 Å². The molecule has 2 atom stereocenters. The van der Waals surface area contributed by atoms with Gasteiger partial charge in [0.05, 0.1) is 5.75 Å². The molecule has 2 rings (SSSR count). The number of hydrogen-bond donors (Lipinski definition) is 0. The Labute approximate surface area is 99.3 Å². The van der Waals surface area contributed by atoms with Crippen LogP contribution >= 0.6 is 0 Å². The molecule has 3 nitrogen and oxygen atoms in total. The Morgan fingerprint density at radius 1 is 1.19 bits per heavy atom. The van der Waals surface area contributed by atoms with E-state index < -0.39 is 10.0 Å². The first kappa shape index (κ1) is 12.4. The molecule has 1 saturated carbocycles. The van der Waals surface area contributed by atoms with Crippen LogP contribution in [-0.2, 0) is 10.0 Å². The van der Waals surface area contributed by atoms with Gasteiger partial charge in [0.1, 0.15) is 0 Å². The molecule has 0 unspecified atom stereocenters. The van der Waals surface area contributed by atoms with E-state index in [1.807, 2.05) is 13.8 Å². The Morgan fingerprint density at radius 2 is 1.75 bits per heavy atom. The van der Waals surface area contributed by atoms with E-state index in [0.29, 0.717) is 17.6 Å². The Balaban J connectivity index is 2.04. The summed E-state index contributed by atoms with van der Waals surface area (Å²) >= 11 is 0. The van der Waals surface area contributed by atoms with Gasteiger partial charge in [0, 0.05) is 13.1 Å². The highest BCUT2D eigenvalue weighted by Crippen LogP contribution is 2.35. The lowest BCUT2D eigenvalue weighted by atomic mass is 9.79. The Bertz CT molecular complexity index is 325. The number of rotatable bonds is 3. The molecule has 2 fully saturated rings. The van der Waals surface area contributed by atoms with Crippen LogP contribution in [-0.4, -0.2) is 31.6 Å². The summed E-state index contributed by atoms with van der Waals surface area (Å²) in [4.78, 5) is 0. The van der Waals surface area contributed by atoms with Crippen LogP contribution in [0.5, 0.6) is 0 Å². The van der Waals surface area contributed by atoms with Crippen LogP contribution in [0.25, 0.3) is 0 Å². The Morgan fingerprint density at radius 3 is 2.25 bits per heavy atom. The number of fused-ring (bicyclic) bond motifs is 2. The minimum absolute atomic E-state index is 0.228. The molecule has 0 aromatic carbocycles. The van der Waals surface area contributed by atoms with E-state index in [2.05, 4.69) is 0 Å². The first-order chi connectivity index (χ1) is 7.47. The van der Waals surface area contributed by atoms with Crippen molar-refractivity contribution in [2.75, 3.05) is 18.8 Å². The summed E-state index contributed by atoms with van der Waals surface area (Å²) in [5.41, 5.74) is 0. The topological polar surface area (TPSA) is 37.4 Å². The van der Waals surface area contributed by atoms with Crippen LogP contribution < -0.4 is 0 Å². The minimum Gasteiger partial charge on any atom is -0.212 e. The third-order valence-corrected chi connectivity index (χ3v) is 5.93. The highest BCUT2D eigenvalue weighted by atomic mass is 32.2. The molecule has 0 aromatic heterocycles. The van der Waals surface area contributed by atoms with Crippen molar-refractivity contribution in [2.45, 2.75) is 39.5 Å². The molecule has 0 N–H and O–H groups in total. The van der Waals surface area contributed by atoms with Gasteiger partial charge in [-0.1, -0.05) is 20.3 Å². The maximum Gasteiger partial charge on any atom is 0.214 e. The molecule has 2 bridgehead atoms. The van der Waals surface area contributed by atoms with Gasteiger partial charge in [-0.2, -0.15) is 0 Å². The highest BCUT2D eigenvalue weighted by Gasteiger charge is 2.35. The number of nitrogens with zero attached hydrogens (tertiary/aromatic N) is 1. The zero-order valence-electron chi connectivity index (χ0n) is 10.4. The summed E-state index contributed by atoms with van der Waals surface area (Å²) in [7, 11) is -2.99. The summed E-state index contributed by atoms with van der Waals surface area (Å²) in [5, 5.41) is 0. The van der Waals surface area contributed by atoms with Crippen molar-refractivity contribution >= 4 is 10.0 Å². The predicted octanol–water partition coefficient (Wildman–Crippen LogP) is 2.09. The average Bonchev–Trinajstić information content (AvgIpc) is 2.14. The van der Waals surface area contributed by atoms with Gasteiger partial charge in [0.2, 0.25) is 10.0 Å². The fraction of sp³-hybridized carbons (Fsp3) is 1.00. The monoisotopic (exact) mass is 245 g/mol. The van der Waals surface area contributed by atoms with Crippen LogP contribution in [0.15, 0.2) is 0 Å². The molecular weight excluding hydrogens is 222 g/mol. The van der Waals surface area contributed by atoms with E-state index in [1.54, 1.807) is 4.31 Å². The normalized spacial score (nSPS) is 31.9. The van der Waals surface area contributed by atoms with Gasteiger partial charge in [0.25, 0.3) is 0 Å². The summed E-state index contributed by atoms with van der Waals surface area (Å²) in [6.45, 7) is 5.52. The molecule has 0 amide bonds. The van der Waals surface area contributed by atoms with Crippen molar-refractivity contribution in [3.63, 3.8) is 0 Å². The maximum atomic E-state index is 12.2. The highest BCUT2D eigenvalue weighted by molar-refractivity contribution is 7.89. The van der Waals surface area contributed by atoms with E-state index in [-0.39, 0.29) is 5.92 Å². The summed E-state index contributed by atoms with van der Waals surface area (Å²) < 4.78 is 26.1. The fourth-order valence-corrected chi connectivity index (χ4v) is 5.07. The van der Waals surface area contributed by atoms with E-state index in [0.717, 1.165) is 13.1 Å². The zero-order chi connectivity index (χ0) is 11.8. The molecule has 1 saturated heterocycles. The smallest absolute Gasteiger partial charge is 0.212 e. The lowest BCUT2D eigenvalue weighted by Gasteiger charge is -2.40. The second-order valence-electron chi connectivity index (χ2n) is 5.89. The molecule has 4 heteroatoms. The van der Waals surface area contributed by atoms with Crippen molar-refractivity contribution < 1.29 is 8.42 Å². The van der Waals surface area contributed by atoms with E-state index in [1.165, 1.54) is 25.7 Å². The fourth-order valence-electron chi connectivity index (χ4n) is 3.14. The molecule has 0 spiro atoms. The third-order valence-electron chi connectivity index (χ3n) is 3.75. The van der Waals surface area contributed by atoms with E-state index in [4.69, 9.17) is 0 Å². The Hall–Kier alpha value is -0.0900. The first-order valence-electron chi connectivity index (χ1n) is 6.45. The van der Waals surface area contributed by atoms with Crippen LogP contribution in [0.2, 0.25) is 0 Å². The summed E-state index contributed by atoms with van der Waals surface area (Å²) in [6, 6.07) is 0. The van der Waals surface area contributed by atoms with Gasteiger partial charge in [0.15, 0.2) is 0 Å². The number of hydrogen-bond acceptors (Lipinski definition) is 2. The molecule has 16 heavy (non-hydrogen) atoms. The van der Waals surface area contributed by atoms with Gasteiger partial charge < -0.3 is 0 Å². The van der Waals surface area contributed by atoms with Gasteiger partial charge in [-0.05, 0) is 37.0 Å². The van der Waals surface area contributed by atoms with Crippen LogP contribution in [0.1, 0.15) is 39.5 Å². The molecular formula is C12H23NO2S. The molecule has 1 aliphatic heterocycles. The number of piperidine rings is 1. The van der Waals surface area contributed by atoms with Crippen molar-refractivity contribution in [3.05, 3.63) is 0 Å². The first-order valence-corrected chi connectivity index (χ1v) is 8.06. The standard InChI is InChI=1S/C12H23NO2S/c1-10(2)9-16(14,15)13-7-11-4-3-5-12(6-11)8-13/h10-12H,3-9H2,1-2H3/t11-,12-/m0/s1. The third kappa shape index (κ3) is 2.77. The lowest BCUT2D eigenvalue weighted by molar-refractivity contribution is 0.144. The van der Waals surface area contributed by atoms with E-state index >= 15 is 0 Å². The Kier molecular flexibility index (Phi) is 3.59. The van der Waals surface area contributed by atoms with E-state index in [9.17, 15) is 8.42 Å². The second kappa shape index (κ2) is 4.65. The van der Waals surface area contributed by atoms with Crippen LogP contribution in [0.4, 0.5) is 0 Å². The average molecular weight is 245 g/mol. The largest absolute Gasteiger partial charge is 0.214 e. The molecule has 94 valence electrons. The van der Waals surface area contributed by atoms with Gasteiger partial charge in [-0.25, -0.2) is 12.7 Å². The van der Waals surface area contributed by atoms with Gasteiger partial charge in [-0.15, -0.1) is 0 Å². The molecule has 0 aromatic rings. The SMILES string of the molecule is CC(C)CS(=O)(=O)N1C[C@H]2CCC[C@@H](C2)C1. The van der Waals surface area contributed by atoms with Crippen LogP contribution in [0, 0.1) is 17.8 Å². The summed E-state index contributed by atoms with van der Waals surface area (Å²) in [6.07, 6.45) is 5.01. The molecule has 2 aliphatic rings. The molecule has 1 heterocycles. The van der Waals surface area contributed by atoms with Crippen molar-refractivity contribution in [1.29, 1.82) is 0 Å². The van der Waals surface area contributed by atoms with Gasteiger partial charge in [-0.3, -0.25) is 0 Å². The van der Waals surface area contributed by atoms with Gasteiger partial charge >= 0.3 is 0 Å². The quantitative estimate of drug-likeness (QED) is 0.763. The second-order valence-corrected chi connectivity index (χ2v) is 7.90. The molecule has 1 aliphatic carbocycles. The summed E-state index contributed by atoms with van der Waals surface area (Å²) in [5.74, 6) is 1.81.